The number of aromatic nitrogens is 2. The van der Waals surface area contributed by atoms with Crippen molar-refractivity contribution in [3.05, 3.63) is 51.6 Å². The molecular formula is C12H12N4O3. The van der Waals surface area contributed by atoms with E-state index in [9.17, 15) is 14.9 Å². The lowest BCUT2D eigenvalue weighted by atomic mass is 10.1. The van der Waals surface area contributed by atoms with Crippen LogP contribution >= 0.6 is 0 Å². The number of nitro benzene ring substituents is 1. The predicted octanol–water partition coefficient (Wildman–Crippen LogP) is 2.19. The SMILES string of the molecule is Cc1ncc(C(=O)Nc2cccc([N+](=O)[O-])c2C)[nH]1. The van der Waals surface area contributed by atoms with Crippen LogP contribution in [-0.4, -0.2) is 20.8 Å². The van der Waals surface area contributed by atoms with Crippen LogP contribution in [0.5, 0.6) is 0 Å². The highest BCUT2D eigenvalue weighted by atomic mass is 16.6. The molecule has 2 N–H and O–H groups in total. The van der Waals surface area contributed by atoms with Gasteiger partial charge in [0.1, 0.15) is 11.5 Å². The number of H-pyrrole nitrogens is 1. The maximum Gasteiger partial charge on any atom is 0.274 e. The predicted molar refractivity (Wildman–Crippen MR) is 69.1 cm³/mol. The van der Waals surface area contributed by atoms with E-state index < -0.39 is 4.92 Å². The quantitative estimate of drug-likeness (QED) is 0.652. The summed E-state index contributed by atoms with van der Waals surface area (Å²) in [6, 6.07) is 4.54. The summed E-state index contributed by atoms with van der Waals surface area (Å²) in [6.07, 6.45) is 1.41. The fourth-order valence-electron chi connectivity index (χ4n) is 1.68. The third kappa shape index (κ3) is 2.59. The lowest BCUT2D eigenvalue weighted by molar-refractivity contribution is -0.385. The summed E-state index contributed by atoms with van der Waals surface area (Å²) in [5.74, 6) is 0.241. The first kappa shape index (κ1) is 12.7. The second kappa shape index (κ2) is 4.89. The first-order valence-corrected chi connectivity index (χ1v) is 5.56. The molecule has 0 aliphatic carbocycles. The van der Waals surface area contributed by atoms with Crippen molar-refractivity contribution in [3.63, 3.8) is 0 Å². The van der Waals surface area contributed by atoms with Gasteiger partial charge in [0.15, 0.2) is 0 Å². The Morgan fingerprint density at radius 3 is 2.74 bits per heavy atom. The molecule has 0 saturated carbocycles. The lowest BCUT2D eigenvalue weighted by Crippen LogP contribution is -2.13. The molecule has 1 amide bonds. The first-order valence-electron chi connectivity index (χ1n) is 5.56. The number of rotatable bonds is 3. The maximum atomic E-state index is 11.9. The Bertz CT molecular complexity index is 648. The monoisotopic (exact) mass is 260 g/mol. The number of aromatic amines is 1. The van der Waals surface area contributed by atoms with Gasteiger partial charge in [-0.3, -0.25) is 14.9 Å². The molecule has 0 spiro atoms. The van der Waals surface area contributed by atoms with E-state index in [4.69, 9.17) is 0 Å². The fraction of sp³-hybridized carbons (Fsp3) is 0.167. The van der Waals surface area contributed by atoms with E-state index in [0.717, 1.165) is 0 Å². The molecule has 0 saturated heterocycles. The van der Waals surface area contributed by atoms with E-state index in [1.807, 2.05) is 0 Å². The molecular weight excluding hydrogens is 248 g/mol. The highest BCUT2D eigenvalue weighted by Gasteiger charge is 2.16. The Hall–Kier alpha value is -2.70. The van der Waals surface area contributed by atoms with Crippen molar-refractivity contribution in [2.45, 2.75) is 13.8 Å². The van der Waals surface area contributed by atoms with Crippen molar-refractivity contribution >= 4 is 17.3 Å². The third-order valence-electron chi connectivity index (χ3n) is 2.70. The molecule has 98 valence electrons. The molecule has 0 fully saturated rings. The molecule has 0 unspecified atom stereocenters. The highest BCUT2D eigenvalue weighted by Crippen LogP contribution is 2.25. The summed E-state index contributed by atoms with van der Waals surface area (Å²) in [5.41, 5.74) is 1.10. The number of nitrogens with one attached hydrogen (secondary N) is 2. The zero-order valence-corrected chi connectivity index (χ0v) is 10.4. The van der Waals surface area contributed by atoms with Gasteiger partial charge in [0.2, 0.25) is 0 Å². The zero-order valence-electron chi connectivity index (χ0n) is 10.4. The topological polar surface area (TPSA) is 101 Å². The van der Waals surface area contributed by atoms with Crippen LogP contribution < -0.4 is 5.32 Å². The number of carbonyl (C=O) groups is 1. The fourth-order valence-corrected chi connectivity index (χ4v) is 1.68. The van der Waals surface area contributed by atoms with Gasteiger partial charge in [0.05, 0.1) is 22.4 Å². The van der Waals surface area contributed by atoms with Gasteiger partial charge in [-0.2, -0.15) is 0 Å². The van der Waals surface area contributed by atoms with Crippen LogP contribution in [0.4, 0.5) is 11.4 Å². The molecule has 2 rings (SSSR count). The van der Waals surface area contributed by atoms with Gasteiger partial charge in [-0.05, 0) is 19.9 Å². The van der Waals surface area contributed by atoms with Crippen molar-refractivity contribution < 1.29 is 9.72 Å². The van der Waals surface area contributed by atoms with Crippen molar-refractivity contribution in [2.75, 3.05) is 5.32 Å². The minimum absolute atomic E-state index is 0.0291. The third-order valence-corrected chi connectivity index (χ3v) is 2.70. The minimum Gasteiger partial charge on any atom is -0.338 e. The average Bonchev–Trinajstić information content (AvgIpc) is 2.78. The van der Waals surface area contributed by atoms with Crippen LogP contribution in [-0.2, 0) is 0 Å². The van der Waals surface area contributed by atoms with E-state index in [-0.39, 0.29) is 11.6 Å². The number of hydrogen-bond donors (Lipinski definition) is 2. The molecule has 2 aromatic rings. The Morgan fingerprint density at radius 1 is 1.42 bits per heavy atom. The molecule has 19 heavy (non-hydrogen) atoms. The molecule has 0 radical (unpaired) electrons. The second-order valence-corrected chi connectivity index (χ2v) is 4.04. The van der Waals surface area contributed by atoms with Gasteiger partial charge in [-0.1, -0.05) is 6.07 Å². The summed E-state index contributed by atoms with van der Waals surface area (Å²) in [7, 11) is 0. The van der Waals surface area contributed by atoms with Gasteiger partial charge in [-0.25, -0.2) is 4.98 Å². The van der Waals surface area contributed by atoms with Crippen LogP contribution in [0.3, 0.4) is 0 Å². The molecule has 0 atom stereocenters. The molecule has 0 bridgehead atoms. The van der Waals surface area contributed by atoms with Crippen LogP contribution in [0.25, 0.3) is 0 Å². The van der Waals surface area contributed by atoms with Gasteiger partial charge in [0.25, 0.3) is 11.6 Å². The number of amides is 1. The number of aryl methyl sites for hydroxylation is 1. The second-order valence-electron chi connectivity index (χ2n) is 4.04. The average molecular weight is 260 g/mol. The summed E-state index contributed by atoms with van der Waals surface area (Å²) in [4.78, 5) is 29.0. The van der Waals surface area contributed by atoms with Gasteiger partial charge in [-0.15, -0.1) is 0 Å². The summed E-state index contributed by atoms with van der Waals surface area (Å²) in [5, 5.41) is 13.4. The molecule has 0 aliphatic heterocycles. The number of carbonyl (C=O) groups excluding carboxylic acids is 1. The van der Waals surface area contributed by atoms with Crippen LogP contribution in [0.2, 0.25) is 0 Å². The molecule has 0 aliphatic rings. The minimum atomic E-state index is -0.481. The Morgan fingerprint density at radius 2 is 2.16 bits per heavy atom. The first-order chi connectivity index (χ1) is 8.99. The Labute approximate surface area is 108 Å². The van der Waals surface area contributed by atoms with Crippen LogP contribution in [0.1, 0.15) is 21.9 Å². The molecule has 1 heterocycles. The van der Waals surface area contributed by atoms with E-state index in [2.05, 4.69) is 15.3 Å². The standard InChI is InChI=1S/C12H12N4O3/c1-7-9(4-3-5-11(7)16(18)19)15-12(17)10-6-13-8(2)14-10/h3-6H,1-2H3,(H,13,14)(H,15,17). The smallest absolute Gasteiger partial charge is 0.274 e. The lowest BCUT2D eigenvalue weighted by Gasteiger charge is -2.07. The molecule has 1 aromatic heterocycles. The van der Waals surface area contributed by atoms with E-state index in [1.54, 1.807) is 19.9 Å². The van der Waals surface area contributed by atoms with Gasteiger partial charge >= 0.3 is 0 Å². The number of hydrogen-bond acceptors (Lipinski definition) is 4. The van der Waals surface area contributed by atoms with Crippen molar-refractivity contribution in [3.8, 4) is 0 Å². The highest BCUT2D eigenvalue weighted by molar-refractivity contribution is 6.03. The Kier molecular flexibility index (Phi) is 3.28. The van der Waals surface area contributed by atoms with Gasteiger partial charge in [0, 0.05) is 6.07 Å². The number of imidazole rings is 1. The summed E-state index contributed by atoms with van der Waals surface area (Å²) < 4.78 is 0. The molecule has 1 aromatic carbocycles. The largest absolute Gasteiger partial charge is 0.338 e. The normalized spacial score (nSPS) is 10.2. The molecule has 7 nitrogen and oxygen atoms in total. The number of benzene rings is 1. The van der Waals surface area contributed by atoms with Crippen molar-refractivity contribution in [2.24, 2.45) is 0 Å². The maximum absolute atomic E-state index is 11.9. The van der Waals surface area contributed by atoms with E-state index in [1.165, 1.54) is 18.3 Å². The van der Waals surface area contributed by atoms with Gasteiger partial charge < -0.3 is 10.3 Å². The van der Waals surface area contributed by atoms with Crippen molar-refractivity contribution in [1.82, 2.24) is 9.97 Å². The number of nitro groups is 1. The zero-order chi connectivity index (χ0) is 14.0. The van der Waals surface area contributed by atoms with Crippen LogP contribution in [0, 0.1) is 24.0 Å². The van der Waals surface area contributed by atoms with Crippen molar-refractivity contribution in [1.29, 1.82) is 0 Å². The van der Waals surface area contributed by atoms with E-state index >= 15 is 0 Å². The Balaban J connectivity index is 2.27. The number of nitrogens with zero attached hydrogens (tertiary/aromatic N) is 2. The molecule has 7 heteroatoms. The summed E-state index contributed by atoms with van der Waals surface area (Å²) >= 11 is 0. The van der Waals surface area contributed by atoms with Crippen LogP contribution in [0.15, 0.2) is 24.4 Å². The van der Waals surface area contributed by atoms with E-state index in [0.29, 0.717) is 22.8 Å². The summed E-state index contributed by atoms with van der Waals surface area (Å²) in [6.45, 7) is 3.32. The number of anilines is 1.